The summed E-state index contributed by atoms with van der Waals surface area (Å²) in [4.78, 5) is 13.9. The van der Waals surface area contributed by atoms with Gasteiger partial charge in [-0.2, -0.15) is 0 Å². The first kappa shape index (κ1) is 14.6. The number of likely N-dealkylation sites (N-methyl/N-ethyl adjacent to an activating group) is 1. The van der Waals surface area contributed by atoms with Gasteiger partial charge in [-0.15, -0.1) is 0 Å². The zero-order valence-corrected chi connectivity index (χ0v) is 12.0. The third-order valence-electron chi connectivity index (χ3n) is 4.56. The second-order valence-corrected chi connectivity index (χ2v) is 6.11. The Labute approximate surface area is 115 Å². The van der Waals surface area contributed by atoms with Crippen LogP contribution in [0.25, 0.3) is 0 Å². The third-order valence-corrected chi connectivity index (χ3v) is 4.56. The fraction of sp³-hybridized carbons (Fsp3) is 0.929. The van der Waals surface area contributed by atoms with E-state index in [1.165, 1.54) is 25.7 Å². The zero-order chi connectivity index (χ0) is 13.7. The first-order chi connectivity index (χ1) is 9.09. The molecule has 0 aromatic heterocycles. The van der Waals surface area contributed by atoms with Crippen molar-refractivity contribution in [3.8, 4) is 0 Å². The number of rotatable bonds is 6. The highest BCUT2D eigenvalue weighted by Crippen LogP contribution is 2.30. The highest BCUT2D eigenvalue weighted by molar-refractivity contribution is 5.73. The van der Waals surface area contributed by atoms with Gasteiger partial charge in [0.1, 0.15) is 0 Å². The summed E-state index contributed by atoms with van der Waals surface area (Å²) in [5, 5.41) is 15.5. The van der Waals surface area contributed by atoms with Gasteiger partial charge in [0.2, 0.25) is 0 Å². The molecule has 5 heteroatoms. The van der Waals surface area contributed by atoms with Gasteiger partial charge in [0.05, 0.1) is 5.60 Å². The second-order valence-electron chi connectivity index (χ2n) is 6.11. The summed E-state index contributed by atoms with van der Waals surface area (Å²) in [6.07, 6.45) is 7.91. The normalized spacial score (nSPS) is 22.3. The predicted octanol–water partition coefficient (Wildman–Crippen LogP) is 1.07. The van der Waals surface area contributed by atoms with E-state index in [9.17, 15) is 9.90 Å². The van der Waals surface area contributed by atoms with Gasteiger partial charge in [-0.1, -0.05) is 12.8 Å². The van der Waals surface area contributed by atoms with E-state index in [1.807, 2.05) is 0 Å². The zero-order valence-electron chi connectivity index (χ0n) is 12.0. The minimum Gasteiger partial charge on any atom is -0.388 e. The Morgan fingerprint density at radius 1 is 1.26 bits per heavy atom. The summed E-state index contributed by atoms with van der Waals surface area (Å²) >= 11 is 0. The number of nitrogens with one attached hydrogen (secondary N) is 2. The molecule has 0 aromatic carbocycles. The smallest absolute Gasteiger partial charge is 0.314 e. The quantitative estimate of drug-likeness (QED) is 0.676. The van der Waals surface area contributed by atoms with Crippen molar-refractivity contribution in [2.75, 3.05) is 26.7 Å². The molecule has 2 aliphatic rings. The summed E-state index contributed by atoms with van der Waals surface area (Å²) in [5.41, 5.74) is -0.641. The van der Waals surface area contributed by atoms with Crippen LogP contribution in [0.4, 0.5) is 4.79 Å². The van der Waals surface area contributed by atoms with Crippen molar-refractivity contribution in [3.05, 3.63) is 0 Å². The Hall–Kier alpha value is -0.810. The average Bonchev–Trinajstić information content (AvgIpc) is 2.87. The number of carbonyl (C=O) groups excluding carboxylic acids is 1. The molecule has 2 aliphatic carbocycles. The van der Waals surface area contributed by atoms with Crippen molar-refractivity contribution in [2.24, 2.45) is 0 Å². The van der Waals surface area contributed by atoms with Gasteiger partial charge in [0.15, 0.2) is 0 Å². The molecule has 19 heavy (non-hydrogen) atoms. The monoisotopic (exact) mass is 269 g/mol. The van der Waals surface area contributed by atoms with Crippen LogP contribution in [-0.4, -0.2) is 54.4 Å². The summed E-state index contributed by atoms with van der Waals surface area (Å²) in [6.45, 7) is 1.93. The van der Waals surface area contributed by atoms with Gasteiger partial charge in [-0.25, -0.2) is 4.79 Å². The summed E-state index contributed by atoms with van der Waals surface area (Å²) in [6, 6.07) is 0.528. The molecule has 2 amide bonds. The molecule has 0 radical (unpaired) electrons. The fourth-order valence-corrected chi connectivity index (χ4v) is 2.94. The van der Waals surface area contributed by atoms with Gasteiger partial charge >= 0.3 is 6.03 Å². The molecule has 2 fully saturated rings. The topological polar surface area (TPSA) is 64.6 Å². The molecule has 0 aliphatic heterocycles. The van der Waals surface area contributed by atoms with Crippen LogP contribution >= 0.6 is 0 Å². The maximum atomic E-state index is 11.6. The van der Waals surface area contributed by atoms with Crippen LogP contribution in [0.3, 0.4) is 0 Å². The maximum Gasteiger partial charge on any atom is 0.314 e. The number of carbonyl (C=O) groups is 1. The minimum atomic E-state index is -0.641. The lowest BCUT2D eigenvalue weighted by Gasteiger charge is -2.36. The van der Waals surface area contributed by atoms with Crippen LogP contribution in [0.5, 0.6) is 0 Å². The fourth-order valence-electron chi connectivity index (χ4n) is 2.94. The number of hydrogen-bond donors (Lipinski definition) is 3. The van der Waals surface area contributed by atoms with Crippen molar-refractivity contribution < 1.29 is 9.90 Å². The van der Waals surface area contributed by atoms with Crippen LogP contribution in [0, 0.1) is 0 Å². The molecule has 0 aromatic rings. The van der Waals surface area contributed by atoms with Gasteiger partial charge in [-0.05, 0) is 39.2 Å². The van der Waals surface area contributed by atoms with Crippen LogP contribution in [-0.2, 0) is 0 Å². The van der Waals surface area contributed by atoms with E-state index < -0.39 is 5.60 Å². The maximum absolute atomic E-state index is 11.6. The highest BCUT2D eigenvalue weighted by Gasteiger charge is 2.34. The van der Waals surface area contributed by atoms with Gasteiger partial charge in [0, 0.05) is 25.7 Å². The highest BCUT2D eigenvalue weighted by atomic mass is 16.3. The number of urea groups is 1. The SMILES string of the molecule is CN(CCNC(=O)NCC1(O)CCC1)C1CCCC1. The summed E-state index contributed by atoms with van der Waals surface area (Å²) in [7, 11) is 2.13. The Morgan fingerprint density at radius 2 is 1.95 bits per heavy atom. The molecule has 0 bridgehead atoms. The molecular formula is C14H27N3O2. The Kier molecular flexibility index (Phi) is 5.05. The molecule has 2 rings (SSSR count). The van der Waals surface area contributed by atoms with E-state index >= 15 is 0 Å². The predicted molar refractivity (Wildman–Crippen MR) is 75.1 cm³/mol. The molecule has 0 spiro atoms. The average molecular weight is 269 g/mol. The number of hydrogen-bond acceptors (Lipinski definition) is 3. The molecule has 0 atom stereocenters. The lowest BCUT2D eigenvalue weighted by atomic mass is 9.80. The number of aliphatic hydroxyl groups is 1. The number of amides is 2. The first-order valence-electron chi connectivity index (χ1n) is 7.53. The van der Waals surface area contributed by atoms with Crippen LogP contribution < -0.4 is 10.6 Å². The van der Waals surface area contributed by atoms with Crippen molar-refractivity contribution in [3.63, 3.8) is 0 Å². The van der Waals surface area contributed by atoms with Crippen molar-refractivity contribution in [2.45, 2.75) is 56.6 Å². The number of nitrogens with zero attached hydrogens (tertiary/aromatic N) is 1. The van der Waals surface area contributed by atoms with E-state index in [1.54, 1.807) is 0 Å². The van der Waals surface area contributed by atoms with Crippen LogP contribution in [0.1, 0.15) is 44.9 Å². The standard InChI is InChI=1S/C14H27N3O2/c1-17(12-5-2-3-6-12)10-9-15-13(18)16-11-14(19)7-4-8-14/h12,19H,2-11H2,1H3,(H2,15,16,18). The van der Waals surface area contributed by atoms with E-state index in [2.05, 4.69) is 22.6 Å². The van der Waals surface area contributed by atoms with Gasteiger partial charge in [-0.3, -0.25) is 0 Å². The van der Waals surface area contributed by atoms with Crippen molar-refractivity contribution in [1.29, 1.82) is 0 Å². The van der Waals surface area contributed by atoms with Crippen molar-refractivity contribution in [1.82, 2.24) is 15.5 Å². The van der Waals surface area contributed by atoms with E-state index in [0.29, 0.717) is 19.1 Å². The molecule has 2 saturated carbocycles. The Bertz CT molecular complexity index is 299. The van der Waals surface area contributed by atoms with Crippen molar-refractivity contribution >= 4 is 6.03 Å². The van der Waals surface area contributed by atoms with Crippen LogP contribution in [0.2, 0.25) is 0 Å². The van der Waals surface area contributed by atoms with E-state index in [4.69, 9.17) is 0 Å². The molecule has 0 unspecified atom stereocenters. The molecular weight excluding hydrogens is 242 g/mol. The lowest BCUT2D eigenvalue weighted by Crippen LogP contribution is -2.50. The third kappa shape index (κ3) is 4.35. The lowest BCUT2D eigenvalue weighted by molar-refractivity contribution is -0.0290. The van der Waals surface area contributed by atoms with Gasteiger partial charge < -0.3 is 20.6 Å². The molecule has 110 valence electrons. The van der Waals surface area contributed by atoms with E-state index in [0.717, 1.165) is 25.8 Å². The Morgan fingerprint density at radius 3 is 2.53 bits per heavy atom. The second kappa shape index (κ2) is 6.57. The summed E-state index contributed by atoms with van der Waals surface area (Å²) < 4.78 is 0. The van der Waals surface area contributed by atoms with Gasteiger partial charge in [0.25, 0.3) is 0 Å². The van der Waals surface area contributed by atoms with E-state index in [-0.39, 0.29) is 6.03 Å². The van der Waals surface area contributed by atoms with Crippen LogP contribution in [0.15, 0.2) is 0 Å². The molecule has 0 saturated heterocycles. The first-order valence-corrected chi connectivity index (χ1v) is 7.53. The molecule has 3 N–H and O–H groups in total. The summed E-state index contributed by atoms with van der Waals surface area (Å²) in [5.74, 6) is 0. The molecule has 5 nitrogen and oxygen atoms in total. The Balaban J connectivity index is 1.53. The largest absolute Gasteiger partial charge is 0.388 e. The molecule has 0 heterocycles. The minimum absolute atomic E-state index is 0.167.